The van der Waals surface area contributed by atoms with Gasteiger partial charge >= 0.3 is 5.97 Å². The van der Waals surface area contributed by atoms with Gasteiger partial charge in [-0.15, -0.1) is 0 Å². The Morgan fingerprint density at radius 3 is 2.64 bits per heavy atom. The molecule has 0 amide bonds. The van der Waals surface area contributed by atoms with Crippen LogP contribution in [0.25, 0.3) is 0 Å². The molecule has 1 saturated heterocycles. The third kappa shape index (κ3) is 2.08. The zero-order chi connectivity index (χ0) is 10.8. The molecule has 2 unspecified atom stereocenters. The van der Waals surface area contributed by atoms with Gasteiger partial charge in [-0.05, 0) is 32.1 Å². The minimum Gasteiger partial charge on any atom is -0.481 e. The van der Waals surface area contributed by atoms with Gasteiger partial charge in [-0.1, -0.05) is 13.8 Å². The van der Waals surface area contributed by atoms with E-state index >= 15 is 0 Å². The Labute approximate surface area is 85.5 Å². The zero-order valence-corrected chi connectivity index (χ0v) is 9.25. The number of hydrogen-bond donors (Lipinski definition) is 1. The van der Waals surface area contributed by atoms with E-state index in [9.17, 15) is 9.90 Å². The van der Waals surface area contributed by atoms with Crippen LogP contribution in [0.1, 0.15) is 40.0 Å². The van der Waals surface area contributed by atoms with Crippen LogP contribution in [-0.2, 0) is 9.53 Å². The fourth-order valence-electron chi connectivity index (χ4n) is 2.04. The highest BCUT2D eigenvalue weighted by Crippen LogP contribution is 2.40. The van der Waals surface area contributed by atoms with Gasteiger partial charge in [0.2, 0.25) is 0 Å². The van der Waals surface area contributed by atoms with Gasteiger partial charge < -0.3 is 9.84 Å². The van der Waals surface area contributed by atoms with Crippen LogP contribution in [-0.4, -0.2) is 23.8 Å². The van der Waals surface area contributed by atoms with Crippen molar-refractivity contribution in [2.24, 2.45) is 11.3 Å². The quantitative estimate of drug-likeness (QED) is 0.757. The van der Waals surface area contributed by atoms with E-state index in [1.165, 1.54) is 0 Å². The fourth-order valence-corrected chi connectivity index (χ4v) is 2.04. The predicted octanol–water partition coefficient (Wildman–Crippen LogP) is 2.30. The Bertz CT molecular complexity index is 213. The van der Waals surface area contributed by atoms with E-state index in [1.54, 1.807) is 0 Å². The average Bonchev–Trinajstić information content (AvgIpc) is 2.44. The monoisotopic (exact) mass is 200 g/mol. The van der Waals surface area contributed by atoms with Crippen molar-refractivity contribution in [2.75, 3.05) is 6.61 Å². The van der Waals surface area contributed by atoms with Gasteiger partial charge in [0.15, 0.2) is 0 Å². The normalized spacial score (nSPS) is 32.4. The summed E-state index contributed by atoms with van der Waals surface area (Å²) in [6.45, 7) is 6.71. The molecular formula is C11H20O3. The van der Waals surface area contributed by atoms with Gasteiger partial charge in [0, 0.05) is 6.61 Å². The van der Waals surface area contributed by atoms with Crippen LogP contribution in [0, 0.1) is 11.3 Å². The molecule has 0 aliphatic carbocycles. The third-order valence-corrected chi connectivity index (χ3v) is 3.29. The van der Waals surface area contributed by atoms with E-state index in [4.69, 9.17) is 4.74 Å². The van der Waals surface area contributed by atoms with Gasteiger partial charge in [0.25, 0.3) is 0 Å². The number of rotatable bonds is 4. The Morgan fingerprint density at radius 1 is 1.64 bits per heavy atom. The maximum absolute atomic E-state index is 11.3. The van der Waals surface area contributed by atoms with E-state index in [0.717, 1.165) is 12.8 Å². The van der Waals surface area contributed by atoms with Crippen molar-refractivity contribution in [3.63, 3.8) is 0 Å². The second kappa shape index (κ2) is 4.30. The van der Waals surface area contributed by atoms with Crippen molar-refractivity contribution in [1.29, 1.82) is 0 Å². The Hall–Kier alpha value is -0.570. The Kier molecular flexibility index (Phi) is 3.53. The smallest absolute Gasteiger partial charge is 0.312 e. The lowest BCUT2D eigenvalue weighted by atomic mass is 9.76. The van der Waals surface area contributed by atoms with Crippen LogP contribution in [0.4, 0.5) is 0 Å². The van der Waals surface area contributed by atoms with E-state index in [1.807, 2.05) is 6.92 Å². The number of carboxylic acids is 1. The summed E-state index contributed by atoms with van der Waals surface area (Å²) in [6.07, 6.45) is 2.22. The summed E-state index contributed by atoms with van der Waals surface area (Å²) in [5.41, 5.74) is -0.621. The molecule has 0 bridgehead atoms. The molecule has 1 heterocycles. The highest BCUT2D eigenvalue weighted by molar-refractivity contribution is 5.75. The Morgan fingerprint density at radius 2 is 2.29 bits per heavy atom. The van der Waals surface area contributed by atoms with E-state index in [0.29, 0.717) is 18.9 Å². The number of hydrogen-bond acceptors (Lipinski definition) is 2. The van der Waals surface area contributed by atoms with Crippen LogP contribution in [0.3, 0.4) is 0 Å². The van der Waals surface area contributed by atoms with Crippen molar-refractivity contribution >= 4 is 5.97 Å². The molecule has 82 valence electrons. The summed E-state index contributed by atoms with van der Waals surface area (Å²) >= 11 is 0. The standard InChI is InChI=1S/C11H20O3/c1-8(2)4-5-11(10(12)13)6-7-14-9(11)3/h8-9H,4-7H2,1-3H3,(H,12,13). The van der Waals surface area contributed by atoms with Crippen molar-refractivity contribution in [1.82, 2.24) is 0 Å². The summed E-state index contributed by atoms with van der Waals surface area (Å²) < 4.78 is 5.38. The lowest BCUT2D eigenvalue weighted by Crippen LogP contribution is -2.37. The van der Waals surface area contributed by atoms with Crippen molar-refractivity contribution < 1.29 is 14.6 Å². The van der Waals surface area contributed by atoms with E-state index < -0.39 is 11.4 Å². The number of aliphatic carboxylic acids is 1. The minimum absolute atomic E-state index is 0.140. The maximum atomic E-state index is 11.3. The van der Waals surface area contributed by atoms with E-state index in [-0.39, 0.29) is 6.10 Å². The van der Waals surface area contributed by atoms with Crippen LogP contribution in [0.2, 0.25) is 0 Å². The number of carbonyl (C=O) groups is 1. The van der Waals surface area contributed by atoms with E-state index in [2.05, 4.69) is 13.8 Å². The van der Waals surface area contributed by atoms with Crippen molar-refractivity contribution in [3.05, 3.63) is 0 Å². The van der Waals surface area contributed by atoms with Gasteiger partial charge in [-0.2, -0.15) is 0 Å². The zero-order valence-electron chi connectivity index (χ0n) is 9.25. The lowest BCUT2D eigenvalue weighted by molar-refractivity contribution is -0.152. The molecule has 1 fully saturated rings. The molecular weight excluding hydrogens is 180 g/mol. The summed E-state index contributed by atoms with van der Waals surface area (Å²) in [6, 6.07) is 0. The highest BCUT2D eigenvalue weighted by Gasteiger charge is 2.47. The summed E-state index contributed by atoms with van der Waals surface area (Å²) in [7, 11) is 0. The van der Waals surface area contributed by atoms with Crippen LogP contribution < -0.4 is 0 Å². The molecule has 0 aromatic rings. The third-order valence-electron chi connectivity index (χ3n) is 3.29. The molecule has 1 aliphatic rings. The highest BCUT2D eigenvalue weighted by atomic mass is 16.5. The van der Waals surface area contributed by atoms with Gasteiger partial charge in [-0.25, -0.2) is 0 Å². The van der Waals surface area contributed by atoms with Crippen molar-refractivity contribution in [3.8, 4) is 0 Å². The first-order valence-electron chi connectivity index (χ1n) is 5.34. The first-order chi connectivity index (χ1) is 6.49. The molecule has 3 nitrogen and oxygen atoms in total. The van der Waals surface area contributed by atoms with Gasteiger partial charge in [0.05, 0.1) is 11.5 Å². The van der Waals surface area contributed by atoms with Crippen molar-refractivity contribution in [2.45, 2.75) is 46.1 Å². The first kappa shape index (κ1) is 11.5. The van der Waals surface area contributed by atoms with Gasteiger partial charge in [-0.3, -0.25) is 4.79 Å². The summed E-state index contributed by atoms with van der Waals surface area (Å²) in [5.74, 6) is -0.137. The molecule has 3 heteroatoms. The lowest BCUT2D eigenvalue weighted by Gasteiger charge is -2.28. The maximum Gasteiger partial charge on any atom is 0.312 e. The predicted molar refractivity (Wildman–Crippen MR) is 54.2 cm³/mol. The molecule has 1 aliphatic heterocycles. The first-order valence-corrected chi connectivity index (χ1v) is 5.34. The summed E-state index contributed by atoms with van der Waals surface area (Å²) in [4.78, 5) is 11.3. The molecule has 0 aromatic heterocycles. The topological polar surface area (TPSA) is 46.5 Å². The molecule has 2 atom stereocenters. The number of ether oxygens (including phenoxy) is 1. The average molecular weight is 200 g/mol. The second-order valence-corrected chi connectivity index (χ2v) is 4.66. The summed E-state index contributed by atoms with van der Waals surface area (Å²) in [5, 5.41) is 9.27. The molecule has 1 N–H and O–H groups in total. The van der Waals surface area contributed by atoms with Gasteiger partial charge in [0.1, 0.15) is 0 Å². The Balaban J connectivity index is 2.67. The minimum atomic E-state index is -0.692. The SMILES string of the molecule is CC(C)CCC1(C(=O)O)CCOC1C. The molecule has 1 rings (SSSR count). The molecule has 0 spiro atoms. The molecule has 0 aromatic carbocycles. The number of carboxylic acid groups (broad SMARTS) is 1. The van der Waals surface area contributed by atoms with Crippen LogP contribution in [0.15, 0.2) is 0 Å². The molecule has 0 radical (unpaired) electrons. The van der Waals surface area contributed by atoms with Crippen LogP contribution in [0.5, 0.6) is 0 Å². The van der Waals surface area contributed by atoms with Crippen LogP contribution >= 0.6 is 0 Å². The largest absolute Gasteiger partial charge is 0.481 e. The second-order valence-electron chi connectivity index (χ2n) is 4.66. The fraction of sp³-hybridized carbons (Fsp3) is 0.909. The molecule has 0 saturated carbocycles. The molecule has 14 heavy (non-hydrogen) atoms.